The molecule has 0 N–H and O–H groups in total. The topological polar surface area (TPSA) is 63.7 Å². The lowest BCUT2D eigenvalue weighted by molar-refractivity contribution is 0.0263. The van der Waals surface area contributed by atoms with Gasteiger partial charge in [-0.15, -0.1) is 0 Å². The van der Waals surface area contributed by atoms with Gasteiger partial charge in [-0.3, -0.25) is 9.69 Å². The molecule has 2 aromatic rings. The molecule has 0 aromatic carbocycles. The number of aryl methyl sites for hydroxylation is 1. The van der Waals surface area contributed by atoms with Crippen molar-refractivity contribution in [1.29, 1.82) is 0 Å². The first-order chi connectivity index (χ1) is 12.2. The van der Waals surface area contributed by atoms with E-state index in [9.17, 15) is 4.79 Å². The molecule has 2 aromatic heterocycles. The highest BCUT2D eigenvalue weighted by Crippen LogP contribution is 2.21. The number of furan rings is 1. The zero-order valence-corrected chi connectivity index (χ0v) is 14.6. The summed E-state index contributed by atoms with van der Waals surface area (Å²) < 4.78 is 12.9. The third-order valence-corrected chi connectivity index (χ3v) is 5.06. The van der Waals surface area contributed by atoms with Crippen LogP contribution in [0.25, 0.3) is 0 Å². The van der Waals surface area contributed by atoms with E-state index in [0.717, 1.165) is 51.8 Å². The fourth-order valence-electron chi connectivity index (χ4n) is 3.74. The summed E-state index contributed by atoms with van der Waals surface area (Å²) in [6.45, 7) is 8.46. The van der Waals surface area contributed by atoms with E-state index < -0.39 is 0 Å². The molecule has 7 heteroatoms. The van der Waals surface area contributed by atoms with Gasteiger partial charge < -0.3 is 18.6 Å². The van der Waals surface area contributed by atoms with E-state index in [2.05, 4.69) is 14.5 Å². The number of aromatic nitrogens is 2. The molecule has 1 saturated heterocycles. The first-order valence-corrected chi connectivity index (χ1v) is 8.84. The van der Waals surface area contributed by atoms with Crippen molar-refractivity contribution in [2.45, 2.75) is 20.0 Å². The molecule has 1 amide bonds. The first kappa shape index (κ1) is 16.4. The largest absolute Gasteiger partial charge is 0.469 e. The van der Waals surface area contributed by atoms with Gasteiger partial charge in [-0.25, -0.2) is 4.98 Å². The van der Waals surface area contributed by atoms with Crippen LogP contribution in [0, 0.1) is 12.8 Å². The van der Waals surface area contributed by atoms with Crippen molar-refractivity contribution in [2.24, 2.45) is 5.92 Å². The molecule has 4 rings (SSSR count). The Balaban J connectivity index is 1.54. The number of hydrogen-bond acceptors (Lipinski definition) is 5. The monoisotopic (exact) mass is 344 g/mol. The molecule has 0 radical (unpaired) electrons. The Labute approximate surface area is 147 Å². The Kier molecular flexibility index (Phi) is 4.59. The van der Waals surface area contributed by atoms with Crippen LogP contribution in [0.4, 0.5) is 0 Å². The fourth-order valence-corrected chi connectivity index (χ4v) is 3.74. The van der Waals surface area contributed by atoms with Crippen molar-refractivity contribution in [3.05, 3.63) is 41.9 Å². The number of morpholine rings is 1. The van der Waals surface area contributed by atoms with Crippen molar-refractivity contribution >= 4 is 5.91 Å². The number of fused-ring (bicyclic) bond motifs is 1. The van der Waals surface area contributed by atoms with Gasteiger partial charge in [0, 0.05) is 51.0 Å². The molecule has 0 aliphatic carbocycles. The van der Waals surface area contributed by atoms with Crippen molar-refractivity contribution in [3.63, 3.8) is 0 Å². The SMILES string of the molecule is Cc1occc1C(=O)N1Cc2nccn2C[C@@H](CN2CCOCC2)C1. The van der Waals surface area contributed by atoms with E-state index in [1.54, 1.807) is 12.3 Å². The summed E-state index contributed by atoms with van der Waals surface area (Å²) in [6.07, 6.45) is 5.41. The van der Waals surface area contributed by atoms with Crippen molar-refractivity contribution in [3.8, 4) is 0 Å². The van der Waals surface area contributed by atoms with Crippen LogP contribution >= 0.6 is 0 Å². The van der Waals surface area contributed by atoms with Crippen LogP contribution in [0.2, 0.25) is 0 Å². The minimum absolute atomic E-state index is 0.0228. The second-order valence-electron chi connectivity index (χ2n) is 6.85. The molecule has 1 atom stereocenters. The molecule has 134 valence electrons. The van der Waals surface area contributed by atoms with Gasteiger partial charge in [0.15, 0.2) is 0 Å². The Morgan fingerprint density at radius 2 is 2.16 bits per heavy atom. The van der Waals surface area contributed by atoms with Crippen LogP contribution in [-0.4, -0.2) is 64.7 Å². The van der Waals surface area contributed by atoms with E-state index in [1.165, 1.54) is 0 Å². The third kappa shape index (κ3) is 3.48. The molecule has 2 aliphatic rings. The molecule has 25 heavy (non-hydrogen) atoms. The van der Waals surface area contributed by atoms with Crippen LogP contribution < -0.4 is 0 Å². The van der Waals surface area contributed by atoms with E-state index in [-0.39, 0.29) is 5.91 Å². The Morgan fingerprint density at radius 3 is 2.92 bits per heavy atom. The van der Waals surface area contributed by atoms with Crippen LogP contribution in [0.3, 0.4) is 0 Å². The summed E-state index contributed by atoms with van der Waals surface area (Å²) in [5.74, 6) is 2.00. The number of rotatable bonds is 3. The summed E-state index contributed by atoms with van der Waals surface area (Å²) in [4.78, 5) is 21.8. The average molecular weight is 344 g/mol. The van der Waals surface area contributed by atoms with E-state index >= 15 is 0 Å². The molecule has 0 spiro atoms. The number of hydrogen-bond donors (Lipinski definition) is 0. The van der Waals surface area contributed by atoms with Gasteiger partial charge in [0.05, 0.1) is 31.6 Å². The zero-order chi connectivity index (χ0) is 17.2. The van der Waals surface area contributed by atoms with Gasteiger partial charge in [0.2, 0.25) is 0 Å². The lowest BCUT2D eigenvalue weighted by atomic mass is 10.1. The highest BCUT2D eigenvalue weighted by Gasteiger charge is 2.29. The number of imidazole rings is 1. The van der Waals surface area contributed by atoms with E-state index in [4.69, 9.17) is 9.15 Å². The second kappa shape index (κ2) is 7.01. The molecule has 0 saturated carbocycles. The van der Waals surface area contributed by atoms with Gasteiger partial charge in [-0.1, -0.05) is 0 Å². The van der Waals surface area contributed by atoms with Gasteiger partial charge in [-0.05, 0) is 13.0 Å². The summed E-state index contributed by atoms with van der Waals surface area (Å²) in [7, 11) is 0. The summed E-state index contributed by atoms with van der Waals surface area (Å²) in [5, 5.41) is 0. The molecule has 0 unspecified atom stereocenters. The third-order valence-electron chi connectivity index (χ3n) is 5.06. The quantitative estimate of drug-likeness (QED) is 0.842. The van der Waals surface area contributed by atoms with E-state index in [0.29, 0.717) is 23.8 Å². The average Bonchev–Trinajstić information content (AvgIpc) is 3.20. The molecule has 1 fully saturated rings. The smallest absolute Gasteiger partial charge is 0.257 e. The van der Waals surface area contributed by atoms with Crippen molar-refractivity contribution < 1.29 is 13.9 Å². The molecular formula is C18H24N4O3. The minimum atomic E-state index is 0.0228. The lowest BCUT2D eigenvalue weighted by Gasteiger charge is -2.31. The Hall–Kier alpha value is -2.12. The summed E-state index contributed by atoms with van der Waals surface area (Å²) in [6, 6.07) is 1.76. The van der Waals surface area contributed by atoms with Crippen molar-refractivity contribution in [2.75, 3.05) is 39.4 Å². The van der Waals surface area contributed by atoms with Gasteiger partial charge in [-0.2, -0.15) is 0 Å². The summed E-state index contributed by atoms with van der Waals surface area (Å²) in [5.41, 5.74) is 0.644. The number of carbonyl (C=O) groups is 1. The Morgan fingerprint density at radius 1 is 1.32 bits per heavy atom. The number of carbonyl (C=O) groups excluding carboxylic acids is 1. The predicted octanol–water partition coefficient (Wildman–Crippen LogP) is 1.39. The zero-order valence-electron chi connectivity index (χ0n) is 14.6. The first-order valence-electron chi connectivity index (χ1n) is 8.84. The van der Waals surface area contributed by atoms with E-state index in [1.807, 2.05) is 24.2 Å². The molecule has 2 aliphatic heterocycles. The molecular weight excluding hydrogens is 320 g/mol. The number of nitrogens with zero attached hydrogens (tertiary/aromatic N) is 4. The van der Waals surface area contributed by atoms with Crippen molar-refractivity contribution in [1.82, 2.24) is 19.4 Å². The Bertz CT molecular complexity index is 732. The van der Waals surface area contributed by atoms with Crippen LogP contribution in [0.15, 0.2) is 29.1 Å². The number of amides is 1. The summed E-state index contributed by atoms with van der Waals surface area (Å²) >= 11 is 0. The predicted molar refractivity (Wildman–Crippen MR) is 91.2 cm³/mol. The van der Waals surface area contributed by atoms with Gasteiger partial charge >= 0.3 is 0 Å². The van der Waals surface area contributed by atoms with Gasteiger partial charge in [0.1, 0.15) is 11.6 Å². The number of ether oxygens (including phenoxy) is 1. The second-order valence-corrected chi connectivity index (χ2v) is 6.85. The molecule has 0 bridgehead atoms. The maximum absolute atomic E-state index is 13.0. The maximum Gasteiger partial charge on any atom is 0.257 e. The highest BCUT2D eigenvalue weighted by molar-refractivity contribution is 5.95. The molecule has 7 nitrogen and oxygen atoms in total. The normalized spacial score (nSPS) is 21.8. The van der Waals surface area contributed by atoms with Crippen LogP contribution in [0.5, 0.6) is 0 Å². The molecule has 4 heterocycles. The standard InChI is InChI=1S/C18H24N4O3/c1-14-16(2-7-25-14)18(23)22-12-15(10-20-5-8-24-9-6-20)11-21-4-3-19-17(21)13-22/h2-4,7,15H,5-6,8-13H2,1H3/t15-/m1/s1. The fraction of sp³-hybridized carbons (Fsp3) is 0.556. The lowest BCUT2D eigenvalue weighted by Crippen LogP contribution is -2.43. The highest BCUT2D eigenvalue weighted by atomic mass is 16.5. The maximum atomic E-state index is 13.0. The minimum Gasteiger partial charge on any atom is -0.469 e. The van der Waals surface area contributed by atoms with Gasteiger partial charge in [0.25, 0.3) is 5.91 Å². The van der Waals surface area contributed by atoms with Crippen LogP contribution in [-0.2, 0) is 17.8 Å². The van der Waals surface area contributed by atoms with Crippen LogP contribution in [0.1, 0.15) is 21.9 Å².